The van der Waals surface area contributed by atoms with E-state index >= 15 is 0 Å². The fraction of sp³-hybridized carbons (Fsp3) is 0.294. The molecule has 0 spiro atoms. The molecule has 2 aromatic rings. The van der Waals surface area contributed by atoms with Gasteiger partial charge in [0.15, 0.2) is 0 Å². The first-order chi connectivity index (χ1) is 10.5. The molecule has 0 aliphatic rings. The Labute approximate surface area is 129 Å². The average Bonchev–Trinajstić information content (AvgIpc) is 2.55. The zero-order valence-corrected chi connectivity index (χ0v) is 12.8. The third-order valence-corrected chi connectivity index (χ3v) is 2.65. The molecule has 0 radical (unpaired) electrons. The number of nitrogens with zero attached hydrogens (tertiary/aromatic N) is 1. The van der Waals surface area contributed by atoms with Crippen LogP contribution in [0.15, 0.2) is 42.6 Å². The van der Waals surface area contributed by atoms with Gasteiger partial charge in [-0.1, -0.05) is 44.5 Å². The summed E-state index contributed by atoms with van der Waals surface area (Å²) in [4.78, 5) is 15.2. The lowest BCUT2D eigenvalue weighted by molar-refractivity contribution is 0.0594. The maximum absolute atomic E-state index is 12.4. The van der Waals surface area contributed by atoms with Crippen molar-refractivity contribution in [3.8, 4) is 11.1 Å². The highest BCUT2D eigenvalue weighted by Gasteiger charge is 2.10. The summed E-state index contributed by atoms with van der Waals surface area (Å²) < 4.78 is 29.5. The molecule has 0 N–H and O–H groups in total. The number of benzene rings is 1. The monoisotopic (exact) mass is 307 g/mol. The van der Waals surface area contributed by atoms with Crippen molar-refractivity contribution < 1.29 is 18.3 Å². The molecule has 0 atom stereocenters. The van der Waals surface area contributed by atoms with Crippen molar-refractivity contribution in [1.82, 2.24) is 4.98 Å². The highest BCUT2D eigenvalue weighted by Crippen LogP contribution is 2.24. The van der Waals surface area contributed by atoms with Crippen LogP contribution in [0.25, 0.3) is 11.1 Å². The summed E-state index contributed by atoms with van der Waals surface area (Å²) in [7, 11) is 1.27. The third kappa shape index (κ3) is 4.91. The molecule has 1 heterocycles. The van der Waals surface area contributed by atoms with Crippen LogP contribution in [0.2, 0.25) is 0 Å². The SMILES string of the molecule is CCC.COC(=O)c1cc(-c2ccc(C(F)F)cc2)ccn1. The van der Waals surface area contributed by atoms with Crippen molar-refractivity contribution in [3.63, 3.8) is 0 Å². The van der Waals surface area contributed by atoms with Crippen LogP contribution < -0.4 is 0 Å². The van der Waals surface area contributed by atoms with E-state index in [1.54, 1.807) is 24.3 Å². The molecule has 2 rings (SSSR count). The van der Waals surface area contributed by atoms with Crippen LogP contribution in [-0.4, -0.2) is 18.1 Å². The van der Waals surface area contributed by atoms with Crippen molar-refractivity contribution in [2.75, 3.05) is 7.11 Å². The second-order valence-corrected chi connectivity index (χ2v) is 4.55. The number of aromatic nitrogens is 1. The van der Waals surface area contributed by atoms with Gasteiger partial charge in [-0.2, -0.15) is 0 Å². The quantitative estimate of drug-likeness (QED) is 0.758. The first-order valence-electron chi connectivity index (χ1n) is 6.96. The smallest absolute Gasteiger partial charge is 0.356 e. The number of carbonyl (C=O) groups excluding carboxylic acids is 1. The first kappa shape index (κ1) is 17.8. The molecule has 0 aliphatic carbocycles. The van der Waals surface area contributed by atoms with E-state index in [9.17, 15) is 13.6 Å². The van der Waals surface area contributed by atoms with Crippen molar-refractivity contribution >= 4 is 5.97 Å². The Morgan fingerprint density at radius 1 is 1.14 bits per heavy atom. The highest BCUT2D eigenvalue weighted by molar-refractivity contribution is 5.88. The predicted molar refractivity (Wildman–Crippen MR) is 81.9 cm³/mol. The van der Waals surface area contributed by atoms with Crippen LogP contribution in [0.3, 0.4) is 0 Å². The number of carbonyl (C=O) groups is 1. The minimum atomic E-state index is -2.49. The van der Waals surface area contributed by atoms with Crippen molar-refractivity contribution in [1.29, 1.82) is 0 Å². The van der Waals surface area contributed by atoms with Crippen LogP contribution in [0.1, 0.15) is 42.7 Å². The van der Waals surface area contributed by atoms with Crippen LogP contribution >= 0.6 is 0 Å². The number of methoxy groups -OCH3 is 1. The van der Waals surface area contributed by atoms with Gasteiger partial charge < -0.3 is 4.74 Å². The maximum Gasteiger partial charge on any atom is 0.356 e. The van der Waals surface area contributed by atoms with E-state index in [2.05, 4.69) is 23.6 Å². The molecule has 0 amide bonds. The molecule has 0 bridgehead atoms. The molecule has 0 saturated heterocycles. The zero-order chi connectivity index (χ0) is 16.5. The molecule has 1 aromatic carbocycles. The van der Waals surface area contributed by atoms with E-state index < -0.39 is 12.4 Å². The number of pyridine rings is 1. The molecule has 1 aromatic heterocycles. The van der Waals surface area contributed by atoms with Gasteiger partial charge in [0.1, 0.15) is 5.69 Å². The maximum atomic E-state index is 12.4. The van der Waals surface area contributed by atoms with E-state index in [0.29, 0.717) is 0 Å². The third-order valence-electron chi connectivity index (χ3n) is 2.65. The topological polar surface area (TPSA) is 39.2 Å². The number of esters is 1. The van der Waals surface area contributed by atoms with Gasteiger partial charge in [0.25, 0.3) is 6.43 Å². The zero-order valence-electron chi connectivity index (χ0n) is 12.8. The van der Waals surface area contributed by atoms with Crippen molar-refractivity contribution in [2.45, 2.75) is 26.7 Å². The molecule has 0 fully saturated rings. The lowest BCUT2D eigenvalue weighted by atomic mass is 10.0. The number of alkyl halides is 2. The normalized spacial score (nSPS) is 9.91. The summed E-state index contributed by atoms with van der Waals surface area (Å²) in [5.74, 6) is -0.536. The summed E-state index contributed by atoms with van der Waals surface area (Å²) in [6.07, 6.45) is 0.236. The van der Waals surface area contributed by atoms with Gasteiger partial charge in [-0.15, -0.1) is 0 Å². The highest BCUT2D eigenvalue weighted by atomic mass is 19.3. The molecular formula is C17H19F2NO2. The van der Waals surface area contributed by atoms with Crippen LogP contribution in [-0.2, 0) is 4.74 Å². The fourth-order valence-electron chi connectivity index (χ4n) is 1.65. The molecular weight excluding hydrogens is 288 g/mol. The van der Waals surface area contributed by atoms with Gasteiger partial charge in [0.2, 0.25) is 0 Å². The number of ether oxygens (including phenoxy) is 1. The first-order valence-corrected chi connectivity index (χ1v) is 6.96. The van der Waals surface area contributed by atoms with Gasteiger partial charge >= 0.3 is 5.97 Å². The minimum absolute atomic E-state index is 0.0361. The van der Waals surface area contributed by atoms with Gasteiger partial charge in [0, 0.05) is 11.8 Å². The summed E-state index contributed by atoms with van der Waals surface area (Å²) in [5, 5.41) is 0. The van der Waals surface area contributed by atoms with E-state index in [1.165, 1.54) is 31.9 Å². The average molecular weight is 307 g/mol. The summed E-state index contributed by atoms with van der Waals surface area (Å²) in [5.41, 5.74) is 1.59. The Balaban J connectivity index is 0.000000745. The minimum Gasteiger partial charge on any atom is -0.464 e. The largest absolute Gasteiger partial charge is 0.464 e. The van der Waals surface area contributed by atoms with Gasteiger partial charge in [-0.3, -0.25) is 0 Å². The van der Waals surface area contributed by atoms with Gasteiger partial charge in [-0.05, 0) is 23.3 Å². The van der Waals surface area contributed by atoms with E-state index in [-0.39, 0.29) is 11.3 Å². The van der Waals surface area contributed by atoms with Crippen LogP contribution in [0.4, 0.5) is 8.78 Å². The van der Waals surface area contributed by atoms with Gasteiger partial charge in [-0.25, -0.2) is 18.6 Å². The van der Waals surface area contributed by atoms with Crippen LogP contribution in [0.5, 0.6) is 0 Å². The molecule has 118 valence electrons. The number of rotatable bonds is 3. The number of hydrogen-bond acceptors (Lipinski definition) is 3. The Morgan fingerprint density at radius 3 is 2.23 bits per heavy atom. The lowest BCUT2D eigenvalue weighted by Gasteiger charge is -2.05. The molecule has 5 heteroatoms. The number of hydrogen-bond donors (Lipinski definition) is 0. The second kappa shape index (κ2) is 8.87. The molecule has 3 nitrogen and oxygen atoms in total. The van der Waals surface area contributed by atoms with Crippen LogP contribution in [0, 0.1) is 0 Å². The fourth-order valence-corrected chi connectivity index (χ4v) is 1.65. The number of halogens is 2. The molecule has 0 aliphatic heterocycles. The molecule has 0 unspecified atom stereocenters. The Bertz CT molecular complexity index is 598. The second-order valence-electron chi connectivity index (χ2n) is 4.55. The predicted octanol–water partition coefficient (Wildman–Crippen LogP) is 4.89. The summed E-state index contributed by atoms with van der Waals surface area (Å²) in [6.45, 7) is 4.25. The van der Waals surface area contributed by atoms with E-state index in [4.69, 9.17) is 0 Å². The van der Waals surface area contributed by atoms with E-state index in [1.807, 2.05) is 0 Å². The summed E-state index contributed by atoms with van der Waals surface area (Å²) in [6, 6.07) is 9.14. The van der Waals surface area contributed by atoms with Gasteiger partial charge in [0.05, 0.1) is 7.11 Å². The van der Waals surface area contributed by atoms with Crippen molar-refractivity contribution in [2.24, 2.45) is 0 Å². The molecule has 0 saturated carbocycles. The Hall–Kier alpha value is -2.30. The lowest BCUT2D eigenvalue weighted by Crippen LogP contribution is -2.03. The Morgan fingerprint density at radius 2 is 1.73 bits per heavy atom. The Kier molecular flexibility index (Phi) is 7.16. The van der Waals surface area contributed by atoms with E-state index in [0.717, 1.165) is 11.1 Å². The molecule has 22 heavy (non-hydrogen) atoms. The standard InChI is InChI=1S/C14H11F2NO2.C3H8/c1-19-14(18)12-8-11(6-7-17-12)9-2-4-10(5-3-9)13(15)16;1-3-2/h2-8,13H,1H3;3H2,1-2H3. The summed E-state index contributed by atoms with van der Waals surface area (Å²) >= 11 is 0. The van der Waals surface area contributed by atoms with Crippen molar-refractivity contribution in [3.05, 3.63) is 53.9 Å².